The summed E-state index contributed by atoms with van der Waals surface area (Å²) in [5.41, 5.74) is 3.87. The fourth-order valence-corrected chi connectivity index (χ4v) is 4.72. The topological polar surface area (TPSA) is 110 Å². The summed E-state index contributed by atoms with van der Waals surface area (Å²) in [5.74, 6) is 2.84. The van der Waals surface area contributed by atoms with Crippen molar-refractivity contribution in [2.75, 3.05) is 10.2 Å². The number of amides is 1. The van der Waals surface area contributed by atoms with Crippen LogP contribution < -0.4 is 15.0 Å². The predicted molar refractivity (Wildman–Crippen MR) is 133 cm³/mol. The van der Waals surface area contributed by atoms with Crippen molar-refractivity contribution in [3.63, 3.8) is 0 Å². The Bertz CT molecular complexity index is 1710. The molecule has 1 saturated carbocycles. The lowest BCUT2D eigenvalue weighted by Crippen LogP contribution is -2.29. The van der Waals surface area contributed by atoms with Crippen LogP contribution in [-0.4, -0.2) is 41.5 Å². The molecule has 0 spiro atoms. The molecule has 1 aromatic carbocycles. The summed E-state index contributed by atoms with van der Waals surface area (Å²) >= 11 is 0. The van der Waals surface area contributed by atoms with Gasteiger partial charge in [-0.3, -0.25) is 9.69 Å². The van der Waals surface area contributed by atoms with Gasteiger partial charge in [0.2, 0.25) is 0 Å². The van der Waals surface area contributed by atoms with E-state index < -0.39 is 0 Å². The van der Waals surface area contributed by atoms with E-state index in [1.54, 1.807) is 21.8 Å². The monoisotopic (exact) mass is 476 g/mol. The van der Waals surface area contributed by atoms with E-state index in [0.29, 0.717) is 34.1 Å². The summed E-state index contributed by atoms with van der Waals surface area (Å²) in [6.45, 7) is 5.93. The molecule has 10 nitrogen and oxygen atoms in total. The highest BCUT2D eigenvalue weighted by Gasteiger charge is 2.55. The third-order valence-corrected chi connectivity index (χ3v) is 6.70. The van der Waals surface area contributed by atoms with Crippen LogP contribution in [0.2, 0.25) is 0 Å². The number of rotatable bonds is 5. The summed E-state index contributed by atoms with van der Waals surface area (Å²) < 4.78 is 7.76. The number of ether oxygens (including phenoxy) is 1. The molecule has 5 aromatic rings. The summed E-state index contributed by atoms with van der Waals surface area (Å²) in [4.78, 5) is 31.9. The quantitative estimate of drug-likeness (QED) is 0.376. The van der Waals surface area contributed by atoms with E-state index in [4.69, 9.17) is 4.74 Å². The largest absolute Gasteiger partial charge is 0.457 e. The number of hydrogen-bond acceptors (Lipinski definition) is 8. The summed E-state index contributed by atoms with van der Waals surface area (Å²) in [7, 11) is 0. The molecule has 176 valence electrons. The Balaban J connectivity index is 1.17. The number of anilines is 3. The number of hydrogen-bond donors (Lipinski definition) is 1. The number of aryl methyl sites for hydroxylation is 1. The lowest BCUT2D eigenvalue weighted by molar-refractivity contribution is -0.114. The van der Waals surface area contributed by atoms with Crippen LogP contribution in [0.4, 0.5) is 17.3 Å². The van der Waals surface area contributed by atoms with Crippen LogP contribution in [0.5, 0.6) is 11.5 Å². The molecule has 2 aliphatic rings. The minimum absolute atomic E-state index is 0.0520. The Labute approximate surface area is 205 Å². The number of nitrogens with one attached hydrogen (secondary N) is 1. The third kappa shape index (κ3) is 3.26. The second-order valence-electron chi connectivity index (χ2n) is 9.02. The molecule has 5 heterocycles. The number of carbonyl (C=O) groups is 1. The third-order valence-electron chi connectivity index (χ3n) is 6.70. The summed E-state index contributed by atoms with van der Waals surface area (Å²) in [6.07, 6.45) is 7.43. The van der Waals surface area contributed by atoms with Crippen molar-refractivity contribution in [1.29, 1.82) is 0 Å². The Morgan fingerprint density at radius 2 is 2.00 bits per heavy atom. The van der Waals surface area contributed by atoms with Crippen molar-refractivity contribution in [2.45, 2.75) is 19.4 Å². The van der Waals surface area contributed by atoms with Crippen LogP contribution >= 0.6 is 0 Å². The molecule has 4 aromatic heterocycles. The smallest absolute Gasteiger partial charge is 0.255 e. The maximum absolute atomic E-state index is 12.6. The molecular formula is C26H20N8O2. The highest BCUT2D eigenvalue weighted by molar-refractivity contribution is 6.11. The molecule has 2 atom stereocenters. The second-order valence-corrected chi connectivity index (χ2v) is 9.02. The Morgan fingerprint density at radius 3 is 2.83 bits per heavy atom. The fraction of sp³-hybridized carbons (Fsp3) is 0.154. The van der Waals surface area contributed by atoms with Crippen molar-refractivity contribution in [3.05, 3.63) is 79.2 Å². The zero-order chi connectivity index (χ0) is 24.4. The molecule has 0 bridgehead atoms. The van der Waals surface area contributed by atoms with Gasteiger partial charge in [0.1, 0.15) is 35.8 Å². The normalized spacial score (nSPS) is 18.6. The fourth-order valence-electron chi connectivity index (χ4n) is 4.72. The number of carbonyl (C=O) groups excluding carboxylic acids is 1. The Morgan fingerprint density at radius 1 is 1.08 bits per heavy atom. The first-order valence-electron chi connectivity index (χ1n) is 11.5. The molecule has 1 aliphatic heterocycles. The van der Waals surface area contributed by atoms with Gasteiger partial charge in [-0.1, -0.05) is 6.58 Å². The average molecular weight is 477 g/mol. The molecular weight excluding hydrogens is 456 g/mol. The first-order chi connectivity index (χ1) is 17.5. The van der Waals surface area contributed by atoms with Crippen LogP contribution in [-0.2, 0) is 4.79 Å². The van der Waals surface area contributed by atoms with Crippen molar-refractivity contribution in [3.8, 4) is 11.5 Å². The lowest BCUT2D eigenvalue weighted by Gasteiger charge is -2.18. The average Bonchev–Trinajstić information content (AvgIpc) is 3.44. The van der Waals surface area contributed by atoms with E-state index in [9.17, 15) is 4.79 Å². The van der Waals surface area contributed by atoms with E-state index in [1.165, 1.54) is 12.7 Å². The molecule has 1 N–H and O–H groups in total. The van der Waals surface area contributed by atoms with Crippen LogP contribution in [0.15, 0.2) is 73.6 Å². The lowest BCUT2D eigenvalue weighted by atomic mass is 10.2. The van der Waals surface area contributed by atoms with Crippen molar-refractivity contribution in [2.24, 2.45) is 5.92 Å². The van der Waals surface area contributed by atoms with E-state index in [0.717, 1.165) is 28.8 Å². The van der Waals surface area contributed by atoms with Crippen LogP contribution in [0.3, 0.4) is 0 Å². The van der Waals surface area contributed by atoms with E-state index in [1.807, 2.05) is 43.3 Å². The van der Waals surface area contributed by atoms with Crippen LogP contribution in [0.1, 0.15) is 12.0 Å². The number of fused-ring (bicyclic) bond motifs is 3. The molecule has 0 radical (unpaired) electrons. The number of aromatic nitrogens is 6. The number of nitrogens with zero attached hydrogens (tertiary/aromatic N) is 7. The SMILES string of the molecule is C=C1C(=O)N(c2cc3c(Nc4ccc(Oc5ccn6ncnc6c5)c(C)c4)ncnc3cn2)[C@@H]2C[C@H]12. The van der Waals surface area contributed by atoms with E-state index in [2.05, 4.69) is 36.9 Å². The zero-order valence-corrected chi connectivity index (χ0v) is 19.3. The van der Waals surface area contributed by atoms with Crippen LogP contribution in [0.25, 0.3) is 16.6 Å². The molecule has 2 fully saturated rings. The van der Waals surface area contributed by atoms with Gasteiger partial charge in [-0.15, -0.1) is 0 Å². The zero-order valence-electron chi connectivity index (χ0n) is 19.3. The van der Waals surface area contributed by atoms with Crippen LogP contribution in [0, 0.1) is 12.8 Å². The molecule has 1 saturated heterocycles. The van der Waals surface area contributed by atoms with Gasteiger partial charge in [0.05, 0.1) is 11.7 Å². The maximum Gasteiger partial charge on any atom is 0.255 e. The van der Waals surface area contributed by atoms with Crippen molar-refractivity contribution < 1.29 is 9.53 Å². The molecule has 1 amide bonds. The highest BCUT2D eigenvalue weighted by Crippen LogP contribution is 2.49. The van der Waals surface area contributed by atoms with Gasteiger partial charge in [0.25, 0.3) is 5.91 Å². The minimum atomic E-state index is -0.0520. The van der Waals surface area contributed by atoms with Gasteiger partial charge in [-0.05, 0) is 49.2 Å². The summed E-state index contributed by atoms with van der Waals surface area (Å²) in [6, 6.07) is 11.5. The van der Waals surface area contributed by atoms with Gasteiger partial charge in [-0.2, -0.15) is 5.10 Å². The molecule has 0 unspecified atom stereocenters. The van der Waals surface area contributed by atoms with Crippen molar-refractivity contribution >= 4 is 39.8 Å². The number of benzene rings is 1. The second kappa shape index (κ2) is 7.57. The first kappa shape index (κ1) is 20.5. The first-order valence-corrected chi connectivity index (χ1v) is 11.5. The molecule has 36 heavy (non-hydrogen) atoms. The van der Waals surface area contributed by atoms with Crippen molar-refractivity contribution in [1.82, 2.24) is 29.5 Å². The van der Waals surface area contributed by atoms with Gasteiger partial charge in [0, 0.05) is 40.9 Å². The number of piperidine rings is 1. The van der Waals surface area contributed by atoms with Gasteiger partial charge in [-0.25, -0.2) is 24.5 Å². The van der Waals surface area contributed by atoms with Gasteiger partial charge in [0.15, 0.2) is 5.65 Å². The van der Waals surface area contributed by atoms with E-state index in [-0.39, 0.29) is 17.9 Å². The summed E-state index contributed by atoms with van der Waals surface area (Å²) in [5, 5.41) is 8.27. The maximum atomic E-state index is 12.6. The van der Waals surface area contributed by atoms with E-state index >= 15 is 0 Å². The Kier molecular flexibility index (Phi) is 4.31. The van der Waals surface area contributed by atoms with Gasteiger partial charge < -0.3 is 10.1 Å². The predicted octanol–water partition coefficient (Wildman–Crippen LogP) is 4.20. The van der Waals surface area contributed by atoms with Gasteiger partial charge >= 0.3 is 0 Å². The standard InChI is InChI=1S/C26H20N8O2/c1-14-7-16(3-4-22(14)36-17-5-6-33-23(8-17)29-13-31-33)32-25-19-10-24(27-11-20(19)28-12-30-25)34-21-9-18(21)15(2)26(34)35/h3-8,10-13,18,21H,2,9H2,1H3,(H,28,30,32)/t18-,21-/m1/s1. The minimum Gasteiger partial charge on any atom is -0.457 e. The molecule has 7 rings (SSSR count). The Hall–Kier alpha value is -4.86. The number of pyridine rings is 2. The molecule has 10 heteroatoms. The highest BCUT2D eigenvalue weighted by atomic mass is 16.5. The molecule has 1 aliphatic carbocycles.